The molecular weight excluding hydrogens is 246 g/mol. The van der Waals surface area contributed by atoms with Crippen molar-refractivity contribution in [1.82, 2.24) is 20.1 Å². The van der Waals surface area contributed by atoms with Crippen molar-refractivity contribution in [3.8, 4) is 11.8 Å². The molecule has 1 aliphatic heterocycles. The van der Waals surface area contributed by atoms with Crippen molar-refractivity contribution in [3.05, 3.63) is 30.1 Å². The second-order valence-electron chi connectivity index (χ2n) is 4.26. The maximum atomic E-state index is 11.7. The molecule has 1 amide bonds. The lowest BCUT2D eigenvalue weighted by Crippen LogP contribution is -2.23. The molecule has 0 spiro atoms. The van der Waals surface area contributed by atoms with Gasteiger partial charge in [-0.05, 0) is 13.1 Å². The van der Waals surface area contributed by atoms with Crippen LogP contribution in [-0.4, -0.2) is 27.7 Å². The van der Waals surface area contributed by atoms with Gasteiger partial charge in [0.15, 0.2) is 0 Å². The summed E-state index contributed by atoms with van der Waals surface area (Å²) in [5.41, 5.74) is 1.66. The molecule has 2 aromatic rings. The van der Waals surface area contributed by atoms with E-state index >= 15 is 0 Å². The number of nitrogens with zero attached hydrogens (tertiary/aromatic N) is 3. The summed E-state index contributed by atoms with van der Waals surface area (Å²) in [6, 6.07) is 5.38. The van der Waals surface area contributed by atoms with Crippen LogP contribution in [0, 0.1) is 0 Å². The minimum atomic E-state index is -0.308. The highest BCUT2D eigenvalue weighted by molar-refractivity contribution is 6.02. The highest BCUT2D eigenvalue weighted by atomic mass is 16.5. The van der Waals surface area contributed by atoms with Gasteiger partial charge in [0, 0.05) is 24.4 Å². The van der Waals surface area contributed by atoms with Crippen molar-refractivity contribution in [2.24, 2.45) is 7.05 Å². The lowest BCUT2D eigenvalue weighted by molar-refractivity contribution is -0.117. The predicted octanol–water partition coefficient (Wildman–Crippen LogP) is 0.820. The third-order valence-electron chi connectivity index (χ3n) is 2.93. The number of rotatable bonds is 3. The number of hydrogen-bond donors (Lipinski definition) is 2. The molecule has 0 aliphatic carbocycles. The zero-order valence-corrected chi connectivity index (χ0v) is 10.5. The Labute approximate surface area is 109 Å². The van der Waals surface area contributed by atoms with Crippen molar-refractivity contribution >= 4 is 11.6 Å². The number of aromatic nitrogens is 3. The van der Waals surface area contributed by atoms with Crippen LogP contribution < -0.4 is 15.4 Å². The summed E-state index contributed by atoms with van der Waals surface area (Å²) in [6.07, 6.45) is 1.56. The van der Waals surface area contributed by atoms with Gasteiger partial charge in [-0.15, -0.1) is 5.10 Å². The van der Waals surface area contributed by atoms with Gasteiger partial charge in [0.2, 0.25) is 5.91 Å². The standard InChI is InChI=1S/C12H13N5O2/c1-13-10-8-4-3-7(5-9(8)15-11(10)18)19-12-14-6-17(2)16-12/h3-6,10,13H,1-2H3,(H,15,18). The summed E-state index contributed by atoms with van der Waals surface area (Å²) in [7, 11) is 3.52. The van der Waals surface area contributed by atoms with E-state index in [9.17, 15) is 4.79 Å². The average molecular weight is 259 g/mol. The van der Waals surface area contributed by atoms with Crippen LogP contribution in [-0.2, 0) is 11.8 Å². The molecule has 1 aliphatic rings. The minimum Gasteiger partial charge on any atom is -0.423 e. The molecule has 1 aromatic heterocycles. The number of carbonyl (C=O) groups is 1. The number of likely N-dealkylation sites (N-methyl/N-ethyl adjacent to an activating group) is 1. The Morgan fingerprint density at radius 1 is 1.47 bits per heavy atom. The van der Waals surface area contributed by atoms with Gasteiger partial charge >= 0.3 is 6.01 Å². The molecule has 19 heavy (non-hydrogen) atoms. The van der Waals surface area contributed by atoms with E-state index in [-0.39, 0.29) is 18.0 Å². The summed E-state index contributed by atoms with van der Waals surface area (Å²) in [5, 5.41) is 9.79. The number of fused-ring (bicyclic) bond motifs is 1. The molecule has 0 radical (unpaired) electrons. The van der Waals surface area contributed by atoms with Gasteiger partial charge in [-0.2, -0.15) is 4.98 Å². The lowest BCUT2D eigenvalue weighted by Gasteiger charge is -2.07. The first-order chi connectivity index (χ1) is 9.17. The molecule has 7 heteroatoms. The summed E-state index contributed by atoms with van der Waals surface area (Å²) in [5.74, 6) is 0.521. The maximum absolute atomic E-state index is 11.7. The number of hydrogen-bond acceptors (Lipinski definition) is 5. The largest absolute Gasteiger partial charge is 0.423 e. The Morgan fingerprint density at radius 2 is 2.32 bits per heavy atom. The van der Waals surface area contributed by atoms with E-state index in [0.29, 0.717) is 5.75 Å². The second-order valence-corrected chi connectivity index (χ2v) is 4.26. The topological polar surface area (TPSA) is 81.1 Å². The molecule has 3 rings (SSSR count). The number of aryl methyl sites for hydroxylation is 1. The molecule has 1 atom stereocenters. The number of benzene rings is 1. The predicted molar refractivity (Wildman–Crippen MR) is 67.9 cm³/mol. The molecule has 1 aromatic carbocycles. The number of nitrogens with one attached hydrogen (secondary N) is 2. The fourth-order valence-electron chi connectivity index (χ4n) is 2.06. The summed E-state index contributed by atoms with van der Waals surface area (Å²) in [4.78, 5) is 15.7. The first-order valence-electron chi connectivity index (χ1n) is 5.83. The Kier molecular flexibility index (Phi) is 2.68. The van der Waals surface area contributed by atoms with Crippen molar-refractivity contribution in [1.29, 1.82) is 0 Å². The molecule has 98 valence electrons. The minimum absolute atomic E-state index is 0.0642. The van der Waals surface area contributed by atoms with E-state index < -0.39 is 0 Å². The van der Waals surface area contributed by atoms with Gasteiger partial charge < -0.3 is 15.4 Å². The van der Waals surface area contributed by atoms with Crippen LogP contribution >= 0.6 is 0 Å². The molecule has 0 bridgehead atoms. The van der Waals surface area contributed by atoms with Gasteiger partial charge in [0.1, 0.15) is 18.1 Å². The zero-order chi connectivity index (χ0) is 13.4. The number of amides is 1. The van der Waals surface area contributed by atoms with E-state index in [2.05, 4.69) is 20.7 Å². The zero-order valence-electron chi connectivity index (χ0n) is 10.5. The average Bonchev–Trinajstić information content (AvgIpc) is 2.91. The molecule has 0 saturated heterocycles. The van der Waals surface area contributed by atoms with Crippen LogP contribution in [0.1, 0.15) is 11.6 Å². The van der Waals surface area contributed by atoms with E-state index in [1.54, 1.807) is 37.2 Å². The van der Waals surface area contributed by atoms with Crippen LogP contribution in [0.3, 0.4) is 0 Å². The molecule has 0 saturated carbocycles. The summed E-state index contributed by atoms with van der Waals surface area (Å²) in [6.45, 7) is 0. The van der Waals surface area contributed by atoms with Gasteiger partial charge in [-0.3, -0.25) is 9.48 Å². The third-order valence-corrected chi connectivity index (χ3v) is 2.93. The number of carbonyl (C=O) groups excluding carboxylic acids is 1. The Morgan fingerprint density at radius 3 is 3.00 bits per heavy atom. The number of ether oxygens (including phenoxy) is 1. The fourth-order valence-corrected chi connectivity index (χ4v) is 2.06. The summed E-state index contributed by atoms with van der Waals surface area (Å²) < 4.78 is 7.07. The SMILES string of the molecule is CNC1C(=O)Nc2cc(Oc3ncn(C)n3)ccc21. The molecule has 2 N–H and O–H groups in total. The van der Waals surface area contributed by atoms with Gasteiger partial charge in [-0.25, -0.2) is 0 Å². The lowest BCUT2D eigenvalue weighted by atomic mass is 10.1. The van der Waals surface area contributed by atoms with E-state index in [0.717, 1.165) is 11.3 Å². The summed E-state index contributed by atoms with van der Waals surface area (Å²) >= 11 is 0. The highest BCUT2D eigenvalue weighted by Gasteiger charge is 2.29. The van der Waals surface area contributed by atoms with E-state index in [4.69, 9.17) is 4.74 Å². The highest BCUT2D eigenvalue weighted by Crippen LogP contribution is 2.34. The molecular formula is C12H13N5O2. The Hall–Kier alpha value is -2.41. The Balaban J connectivity index is 1.87. The quantitative estimate of drug-likeness (QED) is 0.853. The van der Waals surface area contributed by atoms with Crippen molar-refractivity contribution in [2.75, 3.05) is 12.4 Å². The second kappa shape index (κ2) is 4.36. The van der Waals surface area contributed by atoms with Crippen LogP contribution in [0.4, 0.5) is 5.69 Å². The Bertz CT molecular complexity index is 637. The van der Waals surface area contributed by atoms with Gasteiger partial charge in [0.05, 0.1) is 0 Å². The molecule has 0 fully saturated rings. The smallest absolute Gasteiger partial charge is 0.340 e. The van der Waals surface area contributed by atoms with Crippen molar-refractivity contribution < 1.29 is 9.53 Å². The molecule has 7 nitrogen and oxygen atoms in total. The number of anilines is 1. The maximum Gasteiger partial charge on any atom is 0.340 e. The van der Waals surface area contributed by atoms with Crippen LogP contribution in [0.5, 0.6) is 11.8 Å². The molecule has 1 unspecified atom stereocenters. The third kappa shape index (κ3) is 2.04. The van der Waals surface area contributed by atoms with Gasteiger partial charge in [-0.1, -0.05) is 6.07 Å². The van der Waals surface area contributed by atoms with Crippen LogP contribution in [0.2, 0.25) is 0 Å². The van der Waals surface area contributed by atoms with Crippen molar-refractivity contribution in [2.45, 2.75) is 6.04 Å². The normalized spacial score (nSPS) is 17.2. The first-order valence-corrected chi connectivity index (χ1v) is 5.83. The van der Waals surface area contributed by atoms with Gasteiger partial charge in [0.25, 0.3) is 0 Å². The van der Waals surface area contributed by atoms with E-state index in [1.165, 1.54) is 0 Å². The van der Waals surface area contributed by atoms with Crippen LogP contribution in [0.15, 0.2) is 24.5 Å². The molecule has 2 heterocycles. The monoisotopic (exact) mass is 259 g/mol. The van der Waals surface area contributed by atoms with Crippen molar-refractivity contribution in [3.63, 3.8) is 0 Å². The fraction of sp³-hybridized carbons (Fsp3) is 0.250. The van der Waals surface area contributed by atoms with Crippen LogP contribution in [0.25, 0.3) is 0 Å². The van der Waals surface area contributed by atoms with E-state index in [1.807, 2.05) is 6.07 Å². The first kappa shape index (κ1) is 11.7.